The summed E-state index contributed by atoms with van der Waals surface area (Å²) in [6, 6.07) is 18.0. The van der Waals surface area contributed by atoms with E-state index in [9.17, 15) is 4.79 Å². The van der Waals surface area contributed by atoms with E-state index in [0.29, 0.717) is 17.9 Å². The number of hydrogen-bond donors (Lipinski definition) is 1. The third kappa shape index (κ3) is 4.83. The summed E-state index contributed by atoms with van der Waals surface area (Å²) in [5, 5.41) is 6.23. The highest BCUT2D eigenvalue weighted by molar-refractivity contribution is 9.10. The average molecular weight is 525 g/mol. The van der Waals surface area contributed by atoms with Crippen molar-refractivity contribution in [3.05, 3.63) is 64.6 Å². The molecule has 5 rings (SSSR count). The summed E-state index contributed by atoms with van der Waals surface area (Å²) in [6.45, 7) is 5.21. The number of hydrogen-bond acceptors (Lipinski definition) is 6. The first-order chi connectivity index (χ1) is 16.1. The molecule has 0 unspecified atom stereocenters. The fraction of sp³-hybridized carbons (Fsp3) is 0.280. The number of halogens is 1. The molecule has 1 amide bonds. The van der Waals surface area contributed by atoms with Gasteiger partial charge in [0.25, 0.3) is 5.91 Å². The van der Waals surface area contributed by atoms with Crippen LogP contribution in [-0.4, -0.2) is 62.2 Å². The molecular weight excluding hydrogens is 500 g/mol. The third-order valence-corrected chi connectivity index (χ3v) is 7.58. The number of rotatable bonds is 6. The molecule has 0 radical (unpaired) electrons. The van der Waals surface area contributed by atoms with E-state index in [2.05, 4.69) is 43.2 Å². The van der Waals surface area contributed by atoms with Gasteiger partial charge in [0.15, 0.2) is 5.13 Å². The second-order valence-electron chi connectivity index (χ2n) is 8.09. The zero-order chi connectivity index (χ0) is 22.8. The van der Waals surface area contributed by atoms with Crippen molar-refractivity contribution in [1.29, 1.82) is 0 Å². The van der Waals surface area contributed by atoms with Crippen LogP contribution in [-0.2, 0) is 0 Å². The number of methoxy groups -OCH3 is 1. The van der Waals surface area contributed by atoms with Crippen LogP contribution in [0.25, 0.3) is 21.0 Å². The van der Waals surface area contributed by atoms with Crippen molar-refractivity contribution >= 4 is 59.3 Å². The van der Waals surface area contributed by atoms with E-state index in [1.54, 1.807) is 18.4 Å². The quantitative estimate of drug-likeness (QED) is 0.393. The Hall–Kier alpha value is -2.68. The SMILES string of the molecule is COc1cc2ccccc2cc1C(=O)NCCN1CCN(c2nc3ccc(Br)cc3s2)CC1. The summed E-state index contributed by atoms with van der Waals surface area (Å²) in [6.07, 6.45) is 0. The van der Waals surface area contributed by atoms with Crippen LogP contribution in [0.2, 0.25) is 0 Å². The number of anilines is 1. The molecule has 4 aromatic rings. The van der Waals surface area contributed by atoms with Crippen molar-refractivity contribution in [3.8, 4) is 5.75 Å². The van der Waals surface area contributed by atoms with Gasteiger partial charge in [0.2, 0.25) is 0 Å². The summed E-state index contributed by atoms with van der Waals surface area (Å²) >= 11 is 5.27. The van der Waals surface area contributed by atoms with Gasteiger partial charge in [-0.25, -0.2) is 4.98 Å². The molecule has 0 atom stereocenters. The van der Waals surface area contributed by atoms with Crippen molar-refractivity contribution < 1.29 is 9.53 Å². The summed E-state index contributed by atoms with van der Waals surface area (Å²) in [5.74, 6) is 0.500. The number of fused-ring (bicyclic) bond motifs is 2. The van der Waals surface area contributed by atoms with Gasteiger partial charge in [-0.15, -0.1) is 0 Å². The van der Waals surface area contributed by atoms with Crippen molar-refractivity contribution in [2.24, 2.45) is 0 Å². The Bertz CT molecular complexity index is 1300. The Balaban J connectivity index is 1.14. The molecule has 6 nitrogen and oxygen atoms in total. The lowest BCUT2D eigenvalue weighted by Crippen LogP contribution is -2.48. The van der Waals surface area contributed by atoms with Crippen LogP contribution in [0, 0.1) is 0 Å². The van der Waals surface area contributed by atoms with E-state index >= 15 is 0 Å². The molecule has 0 saturated carbocycles. The van der Waals surface area contributed by atoms with E-state index in [-0.39, 0.29) is 5.91 Å². The normalized spacial score (nSPS) is 14.7. The maximum atomic E-state index is 12.8. The fourth-order valence-corrected chi connectivity index (χ4v) is 5.74. The van der Waals surface area contributed by atoms with Crippen LogP contribution in [0.3, 0.4) is 0 Å². The summed E-state index contributed by atoms with van der Waals surface area (Å²) in [5.41, 5.74) is 1.62. The van der Waals surface area contributed by atoms with E-state index in [1.165, 1.54) is 4.70 Å². The van der Waals surface area contributed by atoms with Crippen molar-refractivity contribution in [2.45, 2.75) is 0 Å². The zero-order valence-corrected chi connectivity index (χ0v) is 20.8. The third-order valence-electron chi connectivity index (χ3n) is 6.01. The number of thiazole rings is 1. The Kier molecular flexibility index (Phi) is 6.48. The number of carbonyl (C=O) groups is 1. The lowest BCUT2D eigenvalue weighted by atomic mass is 10.1. The summed E-state index contributed by atoms with van der Waals surface area (Å²) < 4.78 is 7.75. The number of ether oxygens (including phenoxy) is 1. The highest BCUT2D eigenvalue weighted by atomic mass is 79.9. The number of amides is 1. The molecule has 1 aliphatic rings. The van der Waals surface area contributed by atoms with Gasteiger partial charge in [-0.05, 0) is 41.1 Å². The van der Waals surface area contributed by atoms with Gasteiger partial charge in [-0.1, -0.05) is 51.5 Å². The largest absolute Gasteiger partial charge is 0.496 e. The highest BCUT2D eigenvalue weighted by Crippen LogP contribution is 2.31. The first-order valence-corrected chi connectivity index (χ1v) is 12.6. The van der Waals surface area contributed by atoms with Crippen molar-refractivity contribution in [2.75, 3.05) is 51.3 Å². The van der Waals surface area contributed by atoms with Crippen LogP contribution in [0.15, 0.2) is 59.1 Å². The number of piperazine rings is 1. The van der Waals surface area contributed by atoms with Crippen molar-refractivity contribution in [1.82, 2.24) is 15.2 Å². The molecule has 2 heterocycles. The number of benzene rings is 3. The van der Waals surface area contributed by atoms with Crippen LogP contribution >= 0.6 is 27.3 Å². The Morgan fingerprint density at radius 3 is 2.61 bits per heavy atom. The van der Waals surface area contributed by atoms with Crippen LogP contribution in [0.5, 0.6) is 5.75 Å². The Morgan fingerprint density at radius 1 is 1.09 bits per heavy atom. The first kappa shape index (κ1) is 22.1. The van der Waals surface area contributed by atoms with Gasteiger partial charge in [0.1, 0.15) is 5.75 Å². The van der Waals surface area contributed by atoms with Gasteiger partial charge in [-0.3, -0.25) is 9.69 Å². The zero-order valence-electron chi connectivity index (χ0n) is 18.4. The molecule has 0 aliphatic carbocycles. The standard InChI is InChI=1S/C25H25BrN4O2S/c1-32-22-15-18-5-3-2-4-17(18)14-20(22)24(31)27-8-9-29-10-12-30(13-11-29)25-28-21-7-6-19(26)16-23(21)33-25/h2-7,14-16H,8-13H2,1H3,(H,27,31). The molecule has 8 heteroatoms. The van der Waals surface area contributed by atoms with Crippen molar-refractivity contribution in [3.63, 3.8) is 0 Å². The van der Waals surface area contributed by atoms with E-state index < -0.39 is 0 Å². The van der Waals surface area contributed by atoms with Crippen LogP contribution in [0.4, 0.5) is 5.13 Å². The molecule has 1 aliphatic heterocycles. The van der Waals surface area contributed by atoms with Gasteiger partial charge in [0, 0.05) is 43.7 Å². The molecule has 170 valence electrons. The molecule has 1 aromatic heterocycles. The molecule has 1 fully saturated rings. The van der Waals surface area contributed by atoms with E-state index in [4.69, 9.17) is 9.72 Å². The lowest BCUT2D eigenvalue weighted by molar-refractivity contribution is 0.0945. The van der Waals surface area contributed by atoms with E-state index in [1.807, 2.05) is 42.5 Å². The second-order valence-corrected chi connectivity index (χ2v) is 10.0. The minimum atomic E-state index is -0.100. The predicted molar refractivity (Wildman–Crippen MR) is 139 cm³/mol. The Morgan fingerprint density at radius 2 is 1.85 bits per heavy atom. The molecular formula is C25H25BrN4O2S. The topological polar surface area (TPSA) is 57.7 Å². The fourth-order valence-electron chi connectivity index (χ4n) is 4.17. The second kappa shape index (κ2) is 9.67. The highest BCUT2D eigenvalue weighted by Gasteiger charge is 2.20. The van der Waals surface area contributed by atoms with Crippen LogP contribution in [0.1, 0.15) is 10.4 Å². The van der Waals surface area contributed by atoms with Gasteiger partial charge < -0.3 is 15.0 Å². The molecule has 1 N–H and O–H groups in total. The first-order valence-electron chi connectivity index (χ1n) is 11.0. The number of nitrogens with zero attached hydrogens (tertiary/aromatic N) is 3. The molecule has 33 heavy (non-hydrogen) atoms. The van der Waals surface area contributed by atoms with Gasteiger partial charge in [0.05, 0.1) is 22.9 Å². The van der Waals surface area contributed by atoms with Gasteiger partial charge in [-0.2, -0.15) is 0 Å². The van der Waals surface area contributed by atoms with Gasteiger partial charge >= 0.3 is 0 Å². The number of aromatic nitrogens is 1. The minimum absolute atomic E-state index is 0.100. The molecule has 3 aromatic carbocycles. The molecule has 0 spiro atoms. The lowest BCUT2D eigenvalue weighted by Gasteiger charge is -2.34. The average Bonchev–Trinajstić information content (AvgIpc) is 3.26. The summed E-state index contributed by atoms with van der Waals surface area (Å²) in [4.78, 5) is 22.4. The number of carbonyl (C=O) groups excluding carboxylic acids is 1. The monoisotopic (exact) mass is 524 g/mol. The number of nitrogens with one attached hydrogen (secondary N) is 1. The Labute approximate surface area is 205 Å². The maximum absolute atomic E-state index is 12.8. The van der Waals surface area contributed by atoms with Crippen LogP contribution < -0.4 is 15.0 Å². The maximum Gasteiger partial charge on any atom is 0.255 e. The van der Waals surface area contributed by atoms with E-state index in [0.717, 1.165) is 58.6 Å². The smallest absolute Gasteiger partial charge is 0.255 e. The summed E-state index contributed by atoms with van der Waals surface area (Å²) in [7, 11) is 1.60. The predicted octanol–water partition coefficient (Wildman–Crippen LogP) is 4.77. The molecule has 1 saturated heterocycles. The minimum Gasteiger partial charge on any atom is -0.496 e. The molecule has 0 bridgehead atoms.